The molecule has 0 aliphatic rings. The molecular weight excluding hydrogens is 244 g/mol. The number of alkyl halides is 2. The summed E-state index contributed by atoms with van der Waals surface area (Å²) in [5, 5.41) is 9.82. The van der Waals surface area contributed by atoms with Gasteiger partial charge in [0.25, 0.3) is 5.76 Å². The highest BCUT2D eigenvalue weighted by Crippen LogP contribution is 2.26. The molecule has 2 rings (SSSR count). The molecule has 1 aromatic heterocycles. The van der Waals surface area contributed by atoms with E-state index in [4.69, 9.17) is 0 Å². The van der Waals surface area contributed by atoms with Crippen LogP contribution in [0.3, 0.4) is 0 Å². The van der Waals surface area contributed by atoms with Gasteiger partial charge in [-0.2, -0.15) is 13.9 Å². The lowest BCUT2D eigenvalue weighted by Gasteiger charge is -2.06. The highest BCUT2D eigenvalue weighted by Gasteiger charge is 2.04. The third-order valence-electron chi connectivity index (χ3n) is 2.12. The lowest BCUT2D eigenvalue weighted by molar-refractivity contribution is 0.252. The normalized spacial score (nSPS) is 10.8. The number of anilines is 1. The average molecular weight is 255 g/mol. The third-order valence-corrected chi connectivity index (χ3v) is 2.84. The first-order chi connectivity index (χ1) is 8.24. The molecule has 0 aliphatic heterocycles. The Morgan fingerprint density at radius 3 is 2.59 bits per heavy atom. The van der Waals surface area contributed by atoms with Crippen LogP contribution in [0, 0.1) is 0 Å². The average Bonchev–Trinajstić information content (AvgIpc) is 2.80. The Labute approximate surface area is 102 Å². The van der Waals surface area contributed by atoms with Gasteiger partial charge in [-0.15, -0.1) is 0 Å². The van der Waals surface area contributed by atoms with Gasteiger partial charge in [-0.1, -0.05) is 11.8 Å². The SMILES string of the molecule is FC(F)Sc1ccc(NCc2ccn[nH]2)cc1. The smallest absolute Gasteiger partial charge is 0.288 e. The largest absolute Gasteiger partial charge is 0.379 e. The van der Waals surface area contributed by atoms with E-state index in [1.165, 1.54) is 0 Å². The topological polar surface area (TPSA) is 40.7 Å². The van der Waals surface area contributed by atoms with Crippen molar-refractivity contribution in [3.05, 3.63) is 42.2 Å². The van der Waals surface area contributed by atoms with Crippen molar-refractivity contribution in [3.63, 3.8) is 0 Å². The predicted octanol–water partition coefficient (Wildman–Crippen LogP) is 3.34. The lowest BCUT2D eigenvalue weighted by Crippen LogP contribution is -1.99. The quantitative estimate of drug-likeness (QED) is 0.805. The van der Waals surface area contributed by atoms with Crippen molar-refractivity contribution in [2.75, 3.05) is 5.32 Å². The van der Waals surface area contributed by atoms with E-state index in [2.05, 4.69) is 15.5 Å². The molecule has 0 atom stereocenters. The number of aromatic amines is 1. The molecule has 2 aromatic rings. The third kappa shape index (κ3) is 3.74. The van der Waals surface area contributed by atoms with Gasteiger partial charge in [0.05, 0.1) is 12.2 Å². The van der Waals surface area contributed by atoms with Crippen molar-refractivity contribution in [2.24, 2.45) is 0 Å². The van der Waals surface area contributed by atoms with Gasteiger partial charge in [-0.3, -0.25) is 5.10 Å². The maximum atomic E-state index is 12.1. The monoisotopic (exact) mass is 255 g/mol. The number of hydrogen-bond acceptors (Lipinski definition) is 3. The standard InChI is InChI=1S/C11H11F2N3S/c12-11(13)17-10-3-1-8(2-4-10)14-7-9-5-6-15-16-9/h1-6,11,14H,7H2,(H,15,16). The molecule has 3 nitrogen and oxygen atoms in total. The zero-order chi connectivity index (χ0) is 12.1. The van der Waals surface area contributed by atoms with Crippen LogP contribution in [-0.4, -0.2) is 16.0 Å². The molecule has 1 aromatic carbocycles. The number of H-pyrrole nitrogens is 1. The molecule has 0 fully saturated rings. The molecule has 17 heavy (non-hydrogen) atoms. The van der Waals surface area contributed by atoms with Crippen LogP contribution in [0.25, 0.3) is 0 Å². The summed E-state index contributed by atoms with van der Waals surface area (Å²) < 4.78 is 24.2. The van der Waals surface area contributed by atoms with Gasteiger partial charge in [0.2, 0.25) is 0 Å². The second-order valence-electron chi connectivity index (χ2n) is 3.34. The van der Waals surface area contributed by atoms with Crippen molar-refractivity contribution >= 4 is 17.4 Å². The van der Waals surface area contributed by atoms with E-state index in [0.717, 1.165) is 11.4 Å². The Hall–Kier alpha value is -1.56. The molecule has 6 heteroatoms. The molecule has 0 saturated carbocycles. The first-order valence-corrected chi connectivity index (χ1v) is 5.89. The van der Waals surface area contributed by atoms with E-state index >= 15 is 0 Å². The number of thioether (sulfide) groups is 1. The van der Waals surface area contributed by atoms with Crippen molar-refractivity contribution in [1.29, 1.82) is 0 Å². The Balaban J connectivity index is 1.89. The number of halogens is 2. The number of nitrogens with one attached hydrogen (secondary N) is 2. The Morgan fingerprint density at radius 2 is 2.00 bits per heavy atom. The van der Waals surface area contributed by atoms with E-state index in [9.17, 15) is 8.78 Å². The zero-order valence-electron chi connectivity index (χ0n) is 8.86. The van der Waals surface area contributed by atoms with E-state index in [0.29, 0.717) is 23.2 Å². The highest BCUT2D eigenvalue weighted by molar-refractivity contribution is 7.99. The van der Waals surface area contributed by atoms with Crippen LogP contribution in [0.2, 0.25) is 0 Å². The Kier molecular flexibility index (Phi) is 3.98. The molecule has 1 heterocycles. The van der Waals surface area contributed by atoms with Crippen LogP contribution in [0.4, 0.5) is 14.5 Å². The molecule has 0 spiro atoms. The Morgan fingerprint density at radius 1 is 1.24 bits per heavy atom. The van der Waals surface area contributed by atoms with Crippen LogP contribution in [0.15, 0.2) is 41.4 Å². The second-order valence-corrected chi connectivity index (χ2v) is 4.40. The van der Waals surface area contributed by atoms with Crippen LogP contribution in [0.1, 0.15) is 5.69 Å². The first kappa shape index (κ1) is 11.9. The predicted molar refractivity (Wildman–Crippen MR) is 64.2 cm³/mol. The molecule has 0 amide bonds. The number of aromatic nitrogens is 2. The molecule has 0 radical (unpaired) electrons. The molecule has 0 aliphatic carbocycles. The van der Waals surface area contributed by atoms with E-state index < -0.39 is 5.76 Å². The minimum atomic E-state index is -2.38. The van der Waals surface area contributed by atoms with Crippen molar-refractivity contribution in [3.8, 4) is 0 Å². The van der Waals surface area contributed by atoms with Crippen LogP contribution < -0.4 is 5.32 Å². The van der Waals surface area contributed by atoms with E-state index in [1.807, 2.05) is 6.07 Å². The number of nitrogens with zero attached hydrogens (tertiary/aromatic N) is 1. The fraction of sp³-hybridized carbons (Fsp3) is 0.182. The maximum absolute atomic E-state index is 12.1. The summed E-state index contributed by atoms with van der Waals surface area (Å²) in [6, 6.07) is 8.77. The summed E-state index contributed by atoms with van der Waals surface area (Å²) in [5.74, 6) is -2.38. The van der Waals surface area contributed by atoms with Crippen LogP contribution >= 0.6 is 11.8 Å². The van der Waals surface area contributed by atoms with Gasteiger partial charge >= 0.3 is 0 Å². The van der Waals surface area contributed by atoms with Gasteiger partial charge < -0.3 is 5.32 Å². The minimum absolute atomic E-state index is 0.546. The fourth-order valence-corrected chi connectivity index (χ4v) is 1.83. The van der Waals surface area contributed by atoms with Crippen molar-refractivity contribution < 1.29 is 8.78 Å². The maximum Gasteiger partial charge on any atom is 0.288 e. The fourth-order valence-electron chi connectivity index (χ4n) is 1.33. The molecule has 2 N–H and O–H groups in total. The summed E-state index contributed by atoms with van der Waals surface area (Å²) in [7, 11) is 0. The summed E-state index contributed by atoms with van der Waals surface area (Å²) in [4.78, 5) is 0.562. The molecule has 0 unspecified atom stereocenters. The molecular formula is C11H11F2N3S. The summed E-state index contributed by atoms with van der Waals surface area (Å²) >= 11 is 0.546. The van der Waals surface area contributed by atoms with Gasteiger partial charge in [-0.05, 0) is 30.3 Å². The van der Waals surface area contributed by atoms with Crippen LogP contribution in [-0.2, 0) is 6.54 Å². The van der Waals surface area contributed by atoms with Crippen LogP contribution in [0.5, 0.6) is 0 Å². The van der Waals surface area contributed by atoms with Gasteiger partial charge in [-0.25, -0.2) is 0 Å². The minimum Gasteiger partial charge on any atom is -0.379 e. The summed E-state index contributed by atoms with van der Waals surface area (Å²) in [5.41, 5.74) is 1.86. The van der Waals surface area contributed by atoms with E-state index in [-0.39, 0.29) is 0 Å². The number of rotatable bonds is 5. The summed E-state index contributed by atoms with van der Waals surface area (Å²) in [6.07, 6.45) is 1.68. The number of benzene rings is 1. The first-order valence-electron chi connectivity index (χ1n) is 5.01. The molecule has 0 bridgehead atoms. The van der Waals surface area contributed by atoms with E-state index in [1.54, 1.807) is 30.5 Å². The zero-order valence-corrected chi connectivity index (χ0v) is 9.68. The van der Waals surface area contributed by atoms with Gasteiger partial charge in [0, 0.05) is 16.8 Å². The van der Waals surface area contributed by atoms with Crippen molar-refractivity contribution in [2.45, 2.75) is 17.2 Å². The van der Waals surface area contributed by atoms with Gasteiger partial charge in [0.1, 0.15) is 0 Å². The van der Waals surface area contributed by atoms with Gasteiger partial charge in [0.15, 0.2) is 0 Å². The second kappa shape index (κ2) is 5.67. The Bertz CT molecular complexity index is 442. The molecule has 90 valence electrons. The highest BCUT2D eigenvalue weighted by atomic mass is 32.2. The lowest BCUT2D eigenvalue weighted by atomic mass is 10.3. The number of hydrogen-bond donors (Lipinski definition) is 2. The van der Waals surface area contributed by atoms with Crippen molar-refractivity contribution in [1.82, 2.24) is 10.2 Å². The molecule has 0 saturated heterocycles. The summed E-state index contributed by atoms with van der Waals surface area (Å²) in [6.45, 7) is 0.626.